The number of nitrogens with one attached hydrogen (secondary N) is 1. The van der Waals surface area contributed by atoms with Crippen molar-refractivity contribution in [2.45, 2.75) is 18.7 Å². The standard InChI is InChI=1S/C25H23N3O3S2/c1-16-12-18(17(2)28(16)20-9-5-4-6-10-20)13-22-24(30)27(25(31)33-22)15-23(29)26-19-8-7-11-21(14-19)32-3/h4-14H,15H2,1-3H3,(H,26,29)/b22-13+. The quantitative estimate of drug-likeness (QED) is 0.375. The summed E-state index contributed by atoms with van der Waals surface area (Å²) in [5, 5.41) is 2.31. The maximum Gasteiger partial charge on any atom is 0.294 e. The number of hydrogen-bond donors (Lipinski definition) is 1. The second-order valence-corrected chi connectivity index (χ2v) is 9.42. The number of carbonyl (C=O) groups excluding carboxylic acids is 3. The Balaban J connectivity index is 1.51. The van der Waals surface area contributed by atoms with Gasteiger partial charge in [0.05, 0.1) is 4.91 Å². The van der Waals surface area contributed by atoms with Crippen molar-refractivity contribution < 1.29 is 14.4 Å². The van der Waals surface area contributed by atoms with Gasteiger partial charge >= 0.3 is 0 Å². The summed E-state index contributed by atoms with van der Waals surface area (Å²) in [5.41, 5.74) is 4.51. The fourth-order valence-corrected chi connectivity index (χ4v) is 5.02. The molecule has 1 aliphatic rings. The lowest BCUT2D eigenvalue weighted by atomic mass is 10.2. The minimum Gasteiger partial charge on any atom is -0.324 e. The van der Waals surface area contributed by atoms with Crippen molar-refractivity contribution in [2.75, 3.05) is 18.1 Å². The van der Waals surface area contributed by atoms with Crippen LogP contribution in [0, 0.1) is 13.8 Å². The molecular weight excluding hydrogens is 454 g/mol. The molecule has 0 saturated carbocycles. The van der Waals surface area contributed by atoms with Crippen LogP contribution in [-0.2, 0) is 9.59 Å². The Morgan fingerprint density at radius 1 is 1.06 bits per heavy atom. The number of para-hydroxylation sites is 1. The summed E-state index contributed by atoms with van der Waals surface area (Å²) in [4.78, 5) is 40.2. The van der Waals surface area contributed by atoms with Gasteiger partial charge in [0.2, 0.25) is 5.91 Å². The highest BCUT2D eigenvalue weighted by molar-refractivity contribution is 8.18. The van der Waals surface area contributed by atoms with Crippen LogP contribution in [0.15, 0.2) is 70.5 Å². The zero-order valence-electron chi connectivity index (χ0n) is 18.5. The van der Waals surface area contributed by atoms with E-state index < -0.39 is 17.1 Å². The van der Waals surface area contributed by atoms with Crippen molar-refractivity contribution in [2.24, 2.45) is 0 Å². The molecule has 3 aromatic rings. The monoisotopic (exact) mass is 477 g/mol. The first-order valence-electron chi connectivity index (χ1n) is 10.3. The number of imide groups is 1. The molecule has 3 amide bonds. The zero-order chi connectivity index (χ0) is 23.5. The summed E-state index contributed by atoms with van der Waals surface area (Å²) in [5.74, 6) is -0.874. The third-order valence-electron chi connectivity index (χ3n) is 5.30. The van der Waals surface area contributed by atoms with Crippen LogP contribution in [0.1, 0.15) is 17.0 Å². The molecule has 1 aromatic heterocycles. The van der Waals surface area contributed by atoms with E-state index in [1.54, 1.807) is 23.9 Å². The number of carbonyl (C=O) groups is 3. The minimum absolute atomic E-state index is 0.311. The average molecular weight is 478 g/mol. The SMILES string of the molecule is CSc1cccc(NC(=O)CN2C(=O)S/C(=C/c3cc(C)n(-c4ccccc4)c3C)C2=O)c1. The van der Waals surface area contributed by atoms with Crippen molar-refractivity contribution in [3.05, 3.63) is 82.5 Å². The van der Waals surface area contributed by atoms with Gasteiger partial charge in [0, 0.05) is 27.7 Å². The van der Waals surface area contributed by atoms with Gasteiger partial charge in [-0.15, -0.1) is 11.8 Å². The Morgan fingerprint density at radius 3 is 2.55 bits per heavy atom. The molecule has 0 aliphatic carbocycles. The molecule has 1 fully saturated rings. The summed E-state index contributed by atoms with van der Waals surface area (Å²) < 4.78 is 2.10. The topological polar surface area (TPSA) is 71.4 Å². The van der Waals surface area contributed by atoms with Gasteiger partial charge in [-0.25, -0.2) is 0 Å². The first kappa shape index (κ1) is 22.9. The summed E-state index contributed by atoms with van der Waals surface area (Å²) in [6, 6.07) is 19.3. The highest BCUT2D eigenvalue weighted by Crippen LogP contribution is 2.33. The number of nitrogens with zero attached hydrogens (tertiary/aromatic N) is 2. The van der Waals surface area contributed by atoms with E-state index in [0.717, 1.165) is 44.2 Å². The molecule has 1 saturated heterocycles. The van der Waals surface area contributed by atoms with Gasteiger partial charge in [-0.1, -0.05) is 24.3 Å². The molecule has 2 heterocycles. The van der Waals surface area contributed by atoms with E-state index in [1.807, 2.05) is 74.7 Å². The van der Waals surface area contributed by atoms with E-state index in [1.165, 1.54) is 0 Å². The predicted octanol–water partition coefficient (Wildman–Crippen LogP) is 5.49. The molecular formula is C25H23N3O3S2. The summed E-state index contributed by atoms with van der Waals surface area (Å²) in [6.07, 6.45) is 3.68. The van der Waals surface area contributed by atoms with E-state index in [2.05, 4.69) is 9.88 Å². The van der Waals surface area contributed by atoms with Crippen molar-refractivity contribution in [3.8, 4) is 5.69 Å². The summed E-state index contributed by atoms with van der Waals surface area (Å²) in [6.45, 7) is 3.65. The van der Waals surface area contributed by atoms with Gasteiger partial charge in [-0.05, 0) is 79.9 Å². The number of aryl methyl sites for hydroxylation is 1. The Labute approximate surface area is 201 Å². The number of amides is 3. The van der Waals surface area contributed by atoms with Crippen LogP contribution >= 0.6 is 23.5 Å². The highest BCUT2D eigenvalue weighted by atomic mass is 32.2. The largest absolute Gasteiger partial charge is 0.324 e. The number of thioether (sulfide) groups is 2. The summed E-state index contributed by atoms with van der Waals surface area (Å²) >= 11 is 2.42. The second-order valence-electron chi connectivity index (χ2n) is 7.55. The van der Waals surface area contributed by atoms with E-state index >= 15 is 0 Å². The Kier molecular flexibility index (Phi) is 6.76. The molecule has 4 rings (SSSR count). The van der Waals surface area contributed by atoms with Gasteiger partial charge in [0.25, 0.3) is 11.1 Å². The number of benzene rings is 2. The third kappa shape index (κ3) is 4.91. The van der Waals surface area contributed by atoms with Gasteiger partial charge in [-0.3, -0.25) is 19.3 Å². The maximum atomic E-state index is 12.9. The number of aromatic nitrogens is 1. The Bertz CT molecular complexity index is 1270. The molecule has 8 heteroatoms. The highest BCUT2D eigenvalue weighted by Gasteiger charge is 2.36. The van der Waals surface area contributed by atoms with Crippen LogP contribution in [0.4, 0.5) is 10.5 Å². The van der Waals surface area contributed by atoms with Crippen LogP contribution in [0.25, 0.3) is 11.8 Å². The summed E-state index contributed by atoms with van der Waals surface area (Å²) in [7, 11) is 0. The molecule has 1 aliphatic heterocycles. The smallest absolute Gasteiger partial charge is 0.294 e. The van der Waals surface area contributed by atoms with Crippen molar-refractivity contribution in [3.63, 3.8) is 0 Å². The van der Waals surface area contributed by atoms with Crippen molar-refractivity contribution in [1.29, 1.82) is 0 Å². The first-order valence-corrected chi connectivity index (χ1v) is 12.3. The van der Waals surface area contributed by atoms with Crippen LogP contribution in [-0.4, -0.2) is 39.3 Å². The normalized spacial score (nSPS) is 14.9. The molecule has 168 valence electrons. The number of hydrogen-bond acceptors (Lipinski definition) is 5. The first-order chi connectivity index (χ1) is 15.9. The van der Waals surface area contributed by atoms with Gasteiger partial charge in [0.1, 0.15) is 6.54 Å². The molecule has 33 heavy (non-hydrogen) atoms. The van der Waals surface area contributed by atoms with Crippen molar-refractivity contribution >= 4 is 52.3 Å². The van der Waals surface area contributed by atoms with Crippen molar-refractivity contribution in [1.82, 2.24) is 9.47 Å². The number of anilines is 1. The molecule has 0 atom stereocenters. The van der Waals surface area contributed by atoms with Crippen LogP contribution in [0.5, 0.6) is 0 Å². The van der Waals surface area contributed by atoms with Crippen LogP contribution < -0.4 is 5.32 Å². The third-order valence-corrected chi connectivity index (χ3v) is 6.93. The Hall–Kier alpha value is -3.23. The fraction of sp³-hybridized carbons (Fsp3) is 0.160. The van der Waals surface area contributed by atoms with Gasteiger partial charge < -0.3 is 9.88 Å². The molecule has 1 N–H and O–H groups in total. The van der Waals surface area contributed by atoms with E-state index in [4.69, 9.17) is 0 Å². The van der Waals surface area contributed by atoms with Gasteiger partial charge in [-0.2, -0.15) is 0 Å². The average Bonchev–Trinajstić information content (AvgIpc) is 3.23. The maximum absolute atomic E-state index is 12.9. The lowest BCUT2D eigenvalue weighted by Crippen LogP contribution is -2.36. The second kappa shape index (κ2) is 9.72. The van der Waals surface area contributed by atoms with Crippen LogP contribution in [0.2, 0.25) is 0 Å². The molecule has 0 radical (unpaired) electrons. The fourth-order valence-electron chi connectivity index (χ4n) is 3.73. The van der Waals surface area contributed by atoms with E-state index in [-0.39, 0.29) is 6.54 Å². The molecule has 0 unspecified atom stereocenters. The van der Waals surface area contributed by atoms with Gasteiger partial charge in [0.15, 0.2) is 0 Å². The molecule has 2 aromatic carbocycles. The Morgan fingerprint density at radius 2 is 1.82 bits per heavy atom. The predicted molar refractivity (Wildman–Crippen MR) is 135 cm³/mol. The van der Waals surface area contributed by atoms with E-state index in [9.17, 15) is 14.4 Å². The molecule has 0 spiro atoms. The van der Waals surface area contributed by atoms with Crippen LogP contribution in [0.3, 0.4) is 0 Å². The number of rotatable bonds is 6. The molecule has 0 bridgehead atoms. The molecule has 6 nitrogen and oxygen atoms in total. The minimum atomic E-state index is -0.456. The lowest BCUT2D eigenvalue weighted by Gasteiger charge is -2.12. The lowest BCUT2D eigenvalue weighted by molar-refractivity contribution is -0.127. The zero-order valence-corrected chi connectivity index (χ0v) is 20.1. The van der Waals surface area contributed by atoms with E-state index in [0.29, 0.717) is 10.6 Å².